The molecule has 0 aromatic heterocycles. The lowest BCUT2D eigenvalue weighted by molar-refractivity contribution is -0.276. The number of hydroxylamine groups is 2. The minimum atomic E-state index is -1.26. The van der Waals surface area contributed by atoms with Crippen LogP contribution < -0.4 is 0 Å². The van der Waals surface area contributed by atoms with Gasteiger partial charge in [-0.25, -0.2) is 0 Å². The zero-order chi connectivity index (χ0) is 29.6. The topological polar surface area (TPSA) is 87.1 Å². The van der Waals surface area contributed by atoms with E-state index >= 15 is 0 Å². The molecule has 9 atom stereocenters. The number of halogens is 1. The van der Waals surface area contributed by atoms with Crippen LogP contribution in [0.2, 0.25) is 0 Å². The Morgan fingerprint density at radius 3 is 2.61 bits per heavy atom. The second kappa shape index (κ2) is 9.45. The van der Waals surface area contributed by atoms with Crippen molar-refractivity contribution in [1.29, 1.82) is 0 Å². The minimum absolute atomic E-state index is 0.0504. The number of fused-ring (bicyclic) bond motifs is 7. The summed E-state index contributed by atoms with van der Waals surface area (Å²) >= 11 is 6.18. The molecule has 0 aromatic rings. The molecule has 0 radical (unpaired) electrons. The fourth-order valence-electron chi connectivity index (χ4n) is 10.5. The molecule has 1 aliphatic heterocycles. The smallest absolute Gasteiger partial charge is 0.192 e. The average molecular weight is 580 g/mol. The SMILES string of the molecule is C=C[C@H]1C[C@@H]2[C@](C=C)([C@@H](O)C[C@@]3(C)[C@@]2(C)C[C@H]2CN(CC4=CC=C(Cl)CC4)O[C@]23C(=O)CO)[C@@]2(C)C=CC(=O)C=C12. The fourth-order valence-corrected chi connectivity index (χ4v) is 10.6. The number of hydrogen-bond acceptors (Lipinski definition) is 6. The van der Waals surface area contributed by atoms with E-state index in [0.29, 0.717) is 32.4 Å². The minimum Gasteiger partial charge on any atom is -0.392 e. The van der Waals surface area contributed by atoms with E-state index in [9.17, 15) is 19.8 Å². The van der Waals surface area contributed by atoms with Gasteiger partial charge in [0.1, 0.15) is 6.61 Å². The van der Waals surface area contributed by atoms with E-state index in [0.717, 1.165) is 23.4 Å². The first-order valence-electron chi connectivity index (χ1n) is 14.9. The molecular weight excluding hydrogens is 538 g/mol. The van der Waals surface area contributed by atoms with Crippen molar-refractivity contribution in [2.45, 2.75) is 64.6 Å². The quantitative estimate of drug-likeness (QED) is 0.419. The van der Waals surface area contributed by atoms with Gasteiger partial charge < -0.3 is 10.2 Å². The number of carbonyl (C=O) groups is 2. The molecule has 0 spiro atoms. The normalized spacial score (nSPS) is 46.9. The summed E-state index contributed by atoms with van der Waals surface area (Å²) in [6.45, 7) is 15.4. The van der Waals surface area contributed by atoms with E-state index in [1.165, 1.54) is 5.57 Å². The standard InChI is InChI=1S/C34H42ClNO5/c1-6-22-14-27-31(4)16-23-19-36(18-21-8-10-24(35)11-9-21)41-34(23,29(40)20-37)32(31,5)17-28(39)33(27,7-2)30(3)13-12-25(38)15-26(22)30/h6-8,10,12-13,15,22-23,27-28,37,39H,1-2,9,11,14,16-20H2,3-5H3/t22-,23-,27-,28-,30-,31-,32-,33+,34-/m0/s1. The number of rotatable bonds is 6. The van der Waals surface area contributed by atoms with Gasteiger partial charge in [-0.1, -0.05) is 62.2 Å². The van der Waals surface area contributed by atoms with Gasteiger partial charge in [-0.2, -0.15) is 5.06 Å². The maximum atomic E-state index is 13.9. The maximum absolute atomic E-state index is 13.9. The van der Waals surface area contributed by atoms with Crippen molar-refractivity contribution in [2.75, 3.05) is 19.7 Å². The highest BCUT2D eigenvalue weighted by Crippen LogP contribution is 2.79. The third-order valence-electron chi connectivity index (χ3n) is 12.5. The molecule has 2 N–H and O–H groups in total. The van der Waals surface area contributed by atoms with Crippen LogP contribution in [0.1, 0.15) is 52.9 Å². The number of aliphatic hydroxyl groups is 2. The highest BCUT2D eigenvalue weighted by Gasteiger charge is 2.82. The molecule has 0 amide bonds. The maximum Gasteiger partial charge on any atom is 0.192 e. The zero-order valence-corrected chi connectivity index (χ0v) is 25.1. The predicted octanol–water partition coefficient (Wildman–Crippen LogP) is 5.24. The molecule has 4 fully saturated rings. The molecule has 6 rings (SSSR count). The summed E-state index contributed by atoms with van der Waals surface area (Å²) < 4.78 is 0. The van der Waals surface area contributed by atoms with Gasteiger partial charge in [-0.05, 0) is 73.2 Å². The first-order valence-corrected chi connectivity index (χ1v) is 15.3. The summed E-state index contributed by atoms with van der Waals surface area (Å²) in [5.41, 5.74) is -1.70. The first kappa shape index (κ1) is 29.0. The molecule has 3 saturated carbocycles. The molecule has 5 aliphatic carbocycles. The van der Waals surface area contributed by atoms with Crippen LogP contribution in [0.4, 0.5) is 0 Å². The van der Waals surface area contributed by atoms with E-state index in [1.54, 1.807) is 12.2 Å². The van der Waals surface area contributed by atoms with Crippen LogP contribution >= 0.6 is 11.6 Å². The summed E-state index contributed by atoms with van der Waals surface area (Å²) in [7, 11) is 0. The fraction of sp³-hybridized carbons (Fsp3) is 0.588. The molecular formula is C34H42ClNO5. The lowest BCUT2D eigenvalue weighted by Crippen LogP contribution is -2.71. The molecule has 0 bridgehead atoms. The van der Waals surface area contributed by atoms with Crippen LogP contribution in [-0.2, 0) is 14.4 Å². The van der Waals surface area contributed by atoms with Crippen LogP contribution in [0, 0.1) is 39.4 Å². The average Bonchev–Trinajstić information content (AvgIpc) is 3.38. The number of hydrogen-bond donors (Lipinski definition) is 2. The molecule has 1 heterocycles. The van der Waals surface area contributed by atoms with Crippen LogP contribution in [0.25, 0.3) is 0 Å². The summed E-state index contributed by atoms with van der Waals surface area (Å²) in [6.07, 6.45) is 15.6. The Balaban J connectivity index is 1.46. The zero-order valence-electron chi connectivity index (χ0n) is 24.4. The Morgan fingerprint density at radius 2 is 1.98 bits per heavy atom. The number of allylic oxidation sites excluding steroid dienone is 8. The largest absolute Gasteiger partial charge is 0.392 e. The second-order valence-corrected chi connectivity index (χ2v) is 14.3. The van der Waals surface area contributed by atoms with Crippen LogP contribution in [0.15, 0.2) is 71.9 Å². The van der Waals surface area contributed by atoms with Crippen molar-refractivity contribution in [3.8, 4) is 0 Å². The van der Waals surface area contributed by atoms with E-state index in [-0.39, 0.29) is 29.3 Å². The van der Waals surface area contributed by atoms with Crippen LogP contribution in [0.3, 0.4) is 0 Å². The predicted molar refractivity (Wildman–Crippen MR) is 158 cm³/mol. The van der Waals surface area contributed by atoms with Crippen molar-refractivity contribution in [3.05, 3.63) is 71.9 Å². The third-order valence-corrected chi connectivity index (χ3v) is 12.8. The van der Waals surface area contributed by atoms with Crippen molar-refractivity contribution in [1.82, 2.24) is 5.06 Å². The Hall–Kier alpha value is -2.09. The monoisotopic (exact) mass is 579 g/mol. The van der Waals surface area contributed by atoms with Crippen molar-refractivity contribution in [2.24, 2.45) is 39.4 Å². The lowest BCUT2D eigenvalue weighted by Gasteiger charge is -2.70. The van der Waals surface area contributed by atoms with Gasteiger partial charge in [0.05, 0.1) is 6.10 Å². The first-order chi connectivity index (χ1) is 19.4. The van der Waals surface area contributed by atoms with E-state index in [1.807, 2.05) is 35.4 Å². The Bertz CT molecular complexity index is 1350. The van der Waals surface area contributed by atoms with Gasteiger partial charge in [-0.3, -0.25) is 14.4 Å². The van der Waals surface area contributed by atoms with Crippen molar-refractivity contribution in [3.63, 3.8) is 0 Å². The molecule has 41 heavy (non-hydrogen) atoms. The van der Waals surface area contributed by atoms with Crippen molar-refractivity contribution < 1.29 is 24.6 Å². The Kier molecular flexibility index (Phi) is 6.69. The van der Waals surface area contributed by atoms with Gasteiger partial charge in [0.25, 0.3) is 0 Å². The molecule has 0 unspecified atom stereocenters. The van der Waals surface area contributed by atoms with Gasteiger partial charge >= 0.3 is 0 Å². The van der Waals surface area contributed by atoms with Gasteiger partial charge in [0.15, 0.2) is 17.2 Å². The molecule has 6 nitrogen and oxygen atoms in total. The van der Waals surface area contributed by atoms with Crippen LogP contribution in [-0.4, -0.2) is 58.2 Å². The van der Waals surface area contributed by atoms with Gasteiger partial charge in [0, 0.05) is 40.3 Å². The number of carbonyl (C=O) groups excluding carboxylic acids is 2. The highest BCUT2D eigenvalue weighted by atomic mass is 35.5. The van der Waals surface area contributed by atoms with E-state index < -0.39 is 40.0 Å². The molecule has 0 aromatic carbocycles. The van der Waals surface area contributed by atoms with E-state index in [4.69, 9.17) is 16.4 Å². The van der Waals surface area contributed by atoms with Crippen molar-refractivity contribution >= 4 is 23.2 Å². The highest BCUT2D eigenvalue weighted by molar-refractivity contribution is 6.29. The number of Topliss-reactive ketones (excluding diaryl/α,β-unsaturated/α-hetero) is 1. The summed E-state index contributed by atoms with van der Waals surface area (Å²) in [5, 5.41) is 25.4. The summed E-state index contributed by atoms with van der Waals surface area (Å²) in [5.74, 6) is -0.655. The summed E-state index contributed by atoms with van der Waals surface area (Å²) in [4.78, 5) is 33.3. The Labute approximate surface area is 248 Å². The number of nitrogens with zero attached hydrogens (tertiary/aromatic N) is 1. The molecule has 6 aliphatic rings. The summed E-state index contributed by atoms with van der Waals surface area (Å²) in [6, 6.07) is 0. The molecule has 220 valence electrons. The number of ketones is 2. The second-order valence-electron chi connectivity index (χ2n) is 13.8. The lowest BCUT2D eigenvalue weighted by atomic mass is 9.34. The van der Waals surface area contributed by atoms with Crippen LogP contribution in [0.5, 0.6) is 0 Å². The third kappa shape index (κ3) is 3.46. The molecule has 7 heteroatoms. The van der Waals surface area contributed by atoms with Gasteiger partial charge in [-0.15, -0.1) is 13.2 Å². The number of aliphatic hydroxyl groups excluding tert-OH is 2. The van der Waals surface area contributed by atoms with Gasteiger partial charge in [0.2, 0.25) is 0 Å². The molecule has 1 saturated heterocycles. The Morgan fingerprint density at radius 1 is 1.22 bits per heavy atom. The van der Waals surface area contributed by atoms with E-state index in [2.05, 4.69) is 33.9 Å².